The SMILES string of the molecule is COc1ccc(Cl)cc1C(=O)NCC1(CCO)CC1. The number of aliphatic hydroxyl groups is 1. The summed E-state index contributed by atoms with van der Waals surface area (Å²) >= 11 is 5.90. The van der Waals surface area contributed by atoms with Crippen LogP contribution in [0.5, 0.6) is 5.75 Å². The lowest BCUT2D eigenvalue weighted by Crippen LogP contribution is -2.31. The number of carbonyl (C=O) groups is 1. The van der Waals surface area contributed by atoms with Gasteiger partial charge in [0.2, 0.25) is 0 Å². The summed E-state index contributed by atoms with van der Waals surface area (Å²) in [7, 11) is 1.52. The molecule has 1 saturated carbocycles. The molecule has 0 radical (unpaired) electrons. The van der Waals surface area contributed by atoms with Gasteiger partial charge in [-0.15, -0.1) is 0 Å². The number of amides is 1. The lowest BCUT2D eigenvalue weighted by molar-refractivity contribution is 0.0938. The summed E-state index contributed by atoms with van der Waals surface area (Å²) in [6.07, 6.45) is 2.85. The molecule has 0 aliphatic heterocycles. The Kier molecular flexibility index (Phi) is 4.32. The van der Waals surface area contributed by atoms with Crippen molar-refractivity contribution in [2.24, 2.45) is 5.41 Å². The molecule has 0 spiro atoms. The van der Waals surface area contributed by atoms with Gasteiger partial charge < -0.3 is 15.2 Å². The van der Waals surface area contributed by atoms with Gasteiger partial charge in [0.05, 0.1) is 12.7 Å². The molecular weight excluding hydrogens is 266 g/mol. The second-order valence-electron chi connectivity index (χ2n) is 5.00. The van der Waals surface area contributed by atoms with E-state index < -0.39 is 0 Å². The zero-order chi connectivity index (χ0) is 13.9. The molecule has 0 saturated heterocycles. The monoisotopic (exact) mass is 283 g/mol. The minimum absolute atomic E-state index is 0.0935. The number of ether oxygens (including phenoxy) is 1. The number of aliphatic hydroxyl groups excluding tert-OH is 1. The Balaban J connectivity index is 2.02. The molecule has 1 aromatic carbocycles. The second-order valence-corrected chi connectivity index (χ2v) is 5.44. The van der Waals surface area contributed by atoms with Crippen molar-refractivity contribution >= 4 is 17.5 Å². The molecule has 1 amide bonds. The fraction of sp³-hybridized carbons (Fsp3) is 0.500. The van der Waals surface area contributed by atoms with E-state index in [0.29, 0.717) is 22.9 Å². The first-order valence-corrected chi connectivity index (χ1v) is 6.71. The standard InChI is InChI=1S/C14H18ClNO3/c1-19-12-3-2-10(15)8-11(12)13(18)16-9-14(4-5-14)6-7-17/h2-3,8,17H,4-7,9H2,1H3,(H,16,18). The van der Waals surface area contributed by atoms with Gasteiger partial charge in [-0.3, -0.25) is 4.79 Å². The average Bonchev–Trinajstić information content (AvgIpc) is 3.17. The smallest absolute Gasteiger partial charge is 0.255 e. The van der Waals surface area contributed by atoms with Gasteiger partial charge in [-0.1, -0.05) is 11.6 Å². The van der Waals surface area contributed by atoms with Gasteiger partial charge in [0, 0.05) is 18.2 Å². The van der Waals surface area contributed by atoms with Gasteiger partial charge in [-0.2, -0.15) is 0 Å². The Morgan fingerprint density at radius 3 is 2.84 bits per heavy atom. The number of benzene rings is 1. The van der Waals surface area contributed by atoms with Gasteiger partial charge in [0.15, 0.2) is 0 Å². The maximum Gasteiger partial charge on any atom is 0.255 e. The van der Waals surface area contributed by atoms with Crippen LogP contribution >= 0.6 is 11.6 Å². The Labute approximate surface area is 117 Å². The van der Waals surface area contributed by atoms with E-state index in [1.54, 1.807) is 18.2 Å². The van der Waals surface area contributed by atoms with Crippen LogP contribution in [-0.4, -0.2) is 31.3 Å². The molecule has 1 fully saturated rings. The van der Waals surface area contributed by atoms with E-state index in [9.17, 15) is 4.79 Å². The third kappa shape index (κ3) is 3.39. The van der Waals surface area contributed by atoms with Crippen LogP contribution in [0, 0.1) is 5.41 Å². The lowest BCUT2D eigenvalue weighted by atomic mass is 10.0. The summed E-state index contributed by atoms with van der Waals surface area (Å²) in [5.74, 6) is 0.317. The van der Waals surface area contributed by atoms with Crippen LogP contribution in [0.2, 0.25) is 5.02 Å². The first-order valence-electron chi connectivity index (χ1n) is 6.33. The maximum atomic E-state index is 12.1. The van der Waals surface area contributed by atoms with Crippen molar-refractivity contribution in [3.05, 3.63) is 28.8 Å². The van der Waals surface area contributed by atoms with Crippen molar-refractivity contribution in [3.63, 3.8) is 0 Å². The van der Waals surface area contributed by atoms with Crippen LogP contribution in [0.15, 0.2) is 18.2 Å². The molecule has 104 valence electrons. The first-order chi connectivity index (χ1) is 9.10. The van der Waals surface area contributed by atoms with Crippen LogP contribution in [0.3, 0.4) is 0 Å². The quantitative estimate of drug-likeness (QED) is 0.842. The van der Waals surface area contributed by atoms with E-state index in [1.807, 2.05) is 0 Å². The minimum atomic E-state index is -0.191. The molecule has 2 rings (SSSR count). The number of hydrogen-bond donors (Lipinski definition) is 2. The fourth-order valence-corrected chi connectivity index (χ4v) is 2.32. The Morgan fingerprint density at radius 1 is 1.53 bits per heavy atom. The van der Waals surface area contributed by atoms with Crippen LogP contribution in [0.4, 0.5) is 0 Å². The number of methoxy groups -OCH3 is 1. The number of nitrogens with one attached hydrogen (secondary N) is 1. The van der Waals surface area contributed by atoms with E-state index >= 15 is 0 Å². The molecular formula is C14H18ClNO3. The van der Waals surface area contributed by atoms with Crippen molar-refractivity contribution in [3.8, 4) is 5.75 Å². The predicted octanol–water partition coefficient (Wildman–Crippen LogP) is 2.24. The van der Waals surface area contributed by atoms with Gasteiger partial charge in [-0.25, -0.2) is 0 Å². The van der Waals surface area contributed by atoms with Crippen LogP contribution in [0.25, 0.3) is 0 Å². The van der Waals surface area contributed by atoms with E-state index in [0.717, 1.165) is 19.3 Å². The Bertz CT molecular complexity index is 472. The highest BCUT2D eigenvalue weighted by Gasteiger charge is 2.42. The maximum absolute atomic E-state index is 12.1. The van der Waals surface area contributed by atoms with Crippen LogP contribution in [-0.2, 0) is 0 Å². The van der Waals surface area contributed by atoms with Crippen LogP contribution < -0.4 is 10.1 Å². The minimum Gasteiger partial charge on any atom is -0.496 e. The van der Waals surface area contributed by atoms with Crippen molar-refractivity contribution in [1.82, 2.24) is 5.32 Å². The zero-order valence-corrected chi connectivity index (χ0v) is 11.7. The summed E-state index contributed by atoms with van der Waals surface area (Å²) in [6, 6.07) is 4.96. The predicted molar refractivity (Wildman–Crippen MR) is 73.7 cm³/mol. The number of carbonyl (C=O) groups excluding carboxylic acids is 1. The molecule has 5 heteroatoms. The number of halogens is 1. The van der Waals surface area contributed by atoms with Gasteiger partial charge in [0.1, 0.15) is 5.75 Å². The van der Waals surface area contributed by atoms with Crippen molar-refractivity contribution in [2.75, 3.05) is 20.3 Å². The topological polar surface area (TPSA) is 58.6 Å². The number of rotatable bonds is 6. The summed E-state index contributed by atoms with van der Waals surface area (Å²) in [4.78, 5) is 12.1. The average molecular weight is 284 g/mol. The first kappa shape index (κ1) is 14.2. The molecule has 0 unspecified atom stereocenters. The van der Waals surface area contributed by atoms with Crippen molar-refractivity contribution in [2.45, 2.75) is 19.3 Å². The third-order valence-electron chi connectivity index (χ3n) is 3.63. The molecule has 2 N–H and O–H groups in total. The van der Waals surface area contributed by atoms with E-state index in [4.69, 9.17) is 21.4 Å². The Hall–Kier alpha value is -1.26. The Morgan fingerprint density at radius 2 is 2.26 bits per heavy atom. The van der Waals surface area contributed by atoms with Crippen LogP contribution in [0.1, 0.15) is 29.6 Å². The largest absolute Gasteiger partial charge is 0.496 e. The fourth-order valence-electron chi connectivity index (χ4n) is 2.15. The van der Waals surface area contributed by atoms with Crippen molar-refractivity contribution in [1.29, 1.82) is 0 Å². The van der Waals surface area contributed by atoms with E-state index in [2.05, 4.69) is 5.32 Å². The molecule has 4 nitrogen and oxygen atoms in total. The molecule has 0 atom stereocenters. The molecule has 1 aliphatic carbocycles. The zero-order valence-electron chi connectivity index (χ0n) is 10.9. The molecule has 0 bridgehead atoms. The summed E-state index contributed by atoms with van der Waals surface area (Å²) in [5, 5.41) is 12.4. The van der Waals surface area contributed by atoms with E-state index in [-0.39, 0.29) is 17.9 Å². The lowest BCUT2D eigenvalue weighted by Gasteiger charge is -2.15. The summed E-state index contributed by atoms with van der Waals surface area (Å²) in [6.45, 7) is 0.748. The molecule has 19 heavy (non-hydrogen) atoms. The molecule has 0 heterocycles. The highest BCUT2D eigenvalue weighted by atomic mass is 35.5. The molecule has 1 aliphatic rings. The highest BCUT2D eigenvalue weighted by molar-refractivity contribution is 6.31. The summed E-state index contributed by atoms with van der Waals surface area (Å²) < 4.78 is 5.16. The molecule has 1 aromatic rings. The molecule has 0 aromatic heterocycles. The van der Waals surface area contributed by atoms with Gasteiger partial charge >= 0.3 is 0 Å². The highest BCUT2D eigenvalue weighted by Crippen LogP contribution is 2.47. The normalized spacial score (nSPS) is 15.9. The van der Waals surface area contributed by atoms with Gasteiger partial charge in [0.25, 0.3) is 5.91 Å². The summed E-state index contributed by atoms with van der Waals surface area (Å²) in [5.41, 5.74) is 0.533. The van der Waals surface area contributed by atoms with Crippen molar-refractivity contribution < 1.29 is 14.6 Å². The van der Waals surface area contributed by atoms with E-state index in [1.165, 1.54) is 7.11 Å². The number of hydrogen-bond acceptors (Lipinski definition) is 3. The van der Waals surface area contributed by atoms with Gasteiger partial charge in [-0.05, 0) is 42.9 Å². The third-order valence-corrected chi connectivity index (χ3v) is 3.86. The second kappa shape index (κ2) is 5.80.